The molecule has 0 saturated heterocycles. The Morgan fingerprint density at radius 3 is 2.11 bits per heavy atom. The zero-order chi connectivity index (χ0) is 20.0. The van der Waals surface area contributed by atoms with E-state index in [1.165, 1.54) is 0 Å². The van der Waals surface area contributed by atoms with Gasteiger partial charge in [0.1, 0.15) is 5.60 Å². The molecule has 2 aromatic carbocycles. The number of rotatable bonds is 6. The molecule has 0 spiro atoms. The van der Waals surface area contributed by atoms with Crippen molar-refractivity contribution < 1.29 is 14.3 Å². The van der Waals surface area contributed by atoms with Crippen LogP contribution in [0.4, 0.5) is 5.69 Å². The summed E-state index contributed by atoms with van der Waals surface area (Å²) in [6, 6.07) is 13.6. The van der Waals surface area contributed by atoms with Crippen LogP contribution >= 0.6 is 0 Å². The quantitative estimate of drug-likeness (QED) is 0.765. The summed E-state index contributed by atoms with van der Waals surface area (Å²) in [6.07, 6.45) is 0.658. The van der Waals surface area contributed by atoms with Crippen LogP contribution in [0.2, 0.25) is 0 Å². The average molecular weight is 368 g/mol. The Morgan fingerprint density at radius 1 is 1.00 bits per heavy atom. The highest BCUT2D eigenvalue weighted by Crippen LogP contribution is 2.28. The molecule has 2 N–H and O–H groups in total. The maximum Gasteiger partial charge on any atom is 0.313 e. The van der Waals surface area contributed by atoms with Gasteiger partial charge in [-0.2, -0.15) is 0 Å². The molecule has 2 amide bonds. The van der Waals surface area contributed by atoms with E-state index in [1.807, 2.05) is 70.2 Å². The molecule has 0 aliphatic carbocycles. The van der Waals surface area contributed by atoms with E-state index in [2.05, 4.69) is 10.6 Å². The van der Waals surface area contributed by atoms with Gasteiger partial charge in [-0.3, -0.25) is 9.59 Å². The summed E-state index contributed by atoms with van der Waals surface area (Å²) in [5.74, 6) is -1.36. The van der Waals surface area contributed by atoms with E-state index < -0.39 is 17.4 Å². The number of benzene rings is 2. The lowest BCUT2D eigenvalue weighted by molar-refractivity contribution is -0.137. The van der Waals surface area contributed by atoms with Gasteiger partial charge >= 0.3 is 11.8 Å². The van der Waals surface area contributed by atoms with E-state index in [1.54, 1.807) is 7.11 Å². The first-order valence-electron chi connectivity index (χ1n) is 9.10. The summed E-state index contributed by atoms with van der Waals surface area (Å²) in [7, 11) is 1.61. The fourth-order valence-corrected chi connectivity index (χ4v) is 3.36. The van der Waals surface area contributed by atoms with Crippen LogP contribution in [0, 0.1) is 20.8 Å². The zero-order valence-corrected chi connectivity index (χ0v) is 16.7. The predicted molar refractivity (Wildman–Crippen MR) is 108 cm³/mol. The Labute approximate surface area is 161 Å². The number of amides is 2. The van der Waals surface area contributed by atoms with Gasteiger partial charge in [0.05, 0.1) is 6.54 Å². The fraction of sp³-hybridized carbons (Fsp3) is 0.364. The van der Waals surface area contributed by atoms with Gasteiger partial charge in [-0.05, 0) is 43.9 Å². The molecular weight excluding hydrogens is 340 g/mol. The second-order valence-electron chi connectivity index (χ2n) is 6.83. The van der Waals surface area contributed by atoms with Gasteiger partial charge in [-0.1, -0.05) is 55.0 Å². The van der Waals surface area contributed by atoms with Gasteiger partial charge in [0.2, 0.25) is 0 Å². The molecule has 1 atom stereocenters. The Hall–Kier alpha value is -2.66. The molecule has 0 aromatic heterocycles. The number of hydrogen-bond acceptors (Lipinski definition) is 3. The molecule has 5 heteroatoms. The highest BCUT2D eigenvalue weighted by atomic mass is 16.5. The van der Waals surface area contributed by atoms with Gasteiger partial charge in [0.15, 0.2) is 0 Å². The normalized spacial score (nSPS) is 12.9. The van der Waals surface area contributed by atoms with Crippen molar-refractivity contribution in [2.24, 2.45) is 0 Å². The molecule has 0 bridgehead atoms. The van der Waals surface area contributed by atoms with Crippen LogP contribution in [-0.4, -0.2) is 25.5 Å². The van der Waals surface area contributed by atoms with Gasteiger partial charge in [-0.25, -0.2) is 0 Å². The third-order valence-electron chi connectivity index (χ3n) is 4.92. The van der Waals surface area contributed by atoms with Crippen molar-refractivity contribution in [2.75, 3.05) is 19.0 Å². The molecule has 5 nitrogen and oxygen atoms in total. The lowest BCUT2D eigenvalue weighted by Gasteiger charge is -2.32. The van der Waals surface area contributed by atoms with Crippen molar-refractivity contribution in [1.82, 2.24) is 5.32 Å². The minimum atomic E-state index is -0.681. The molecule has 0 aliphatic heterocycles. The van der Waals surface area contributed by atoms with E-state index in [4.69, 9.17) is 4.74 Å². The summed E-state index contributed by atoms with van der Waals surface area (Å²) in [5.41, 5.74) is 3.93. The van der Waals surface area contributed by atoms with Gasteiger partial charge in [0, 0.05) is 12.8 Å². The molecule has 1 unspecified atom stereocenters. The number of carbonyl (C=O) groups is 2. The number of methoxy groups -OCH3 is 1. The molecule has 0 heterocycles. The molecule has 0 radical (unpaired) electrons. The highest BCUT2D eigenvalue weighted by Gasteiger charge is 2.31. The molecule has 144 valence electrons. The lowest BCUT2D eigenvalue weighted by atomic mass is 9.90. The molecule has 2 aromatic rings. The van der Waals surface area contributed by atoms with Crippen LogP contribution in [0.25, 0.3) is 0 Å². The summed E-state index contributed by atoms with van der Waals surface area (Å²) < 4.78 is 5.73. The Kier molecular flexibility index (Phi) is 6.75. The Morgan fingerprint density at radius 2 is 1.59 bits per heavy atom. The first-order chi connectivity index (χ1) is 12.8. The van der Waals surface area contributed by atoms with Crippen molar-refractivity contribution in [3.8, 4) is 0 Å². The van der Waals surface area contributed by atoms with Crippen molar-refractivity contribution in [3.63, 3.8) is 0 Å². The van der Waals surface area contributed by atoms with Crippen LogP contribution < -0.4 is 10.6 Å². The van der Waals surface area contributed by atoms with Gasteiger partial charge in [-0.15, -0.1) is 0 Å². The van der Waals surface area contributed by atoms with Crippen molar-refractivity contribution in [2.45, 2.75) is 39.7 Å². The predicted octanol–water partition coefficient (Wildman–Crippen LogP) is 3.62. The first-order valence-corrected chi connectivity index (χ1v) is 9.10. The topological polar surface area (TPSA) is 67.4 Å². The van der Waals surface area contributed by atoms with Crippen molar-refractivity contribution in [1.29, 1.82) is 0 Å². The van der Waals surface area contributed by atoms with Crippen LogP contribution in [0.15, 0.2) is 42.5 Å². The molecule has 0 saturated carbocycles. The van der Waals surface area contributed by atoms with E-state index in [0.29, 0.717) is 12.1 Å². The number of carbonyl (C=O) groups excluding carboxylic acids is 2. The van der Waals surface area contributed by atoms with Crippen LogP contribution in [0.3, 0.4) is 0 Å². The van der Waals surface area contributed by atoms with E-state index in [-0.39, 0.29) is 6.54 Å². The standard InChI is InChI=1S/C22H28N2O3/c1-6-22(27-5,18-10-8-7-9-11-18)14-23-20(25)21(26)24-19-16(3)12-15(2)13-17(19)4/h7-13H,6,14H2,1-5H3,(H,23,25)(H,24,26). The van der Waals surface area contributed by atoms with E-state index in [0.717, 1.165) is 22.3 Å². The van der Waals surface area contributed by atoms with Crippen molar-refractivity contribution >= 4 is 17.5 Å². The molecular formula is C22H28N2O3. The summed E-state index contributed by atoms with van der Waals surface area (Å²) in [4.78, 5) is 24.7. The maximum absolute atomic E-state index is 12.4. The average Bonchev–Trinajstić information content (AvgIpc) is 2.66. The monoisotopic (exact) mass is 368 g/mol. The first kappa shape index (κ1) is 20.6. The fourth-order valence-electron chi connectivity index (χ4n) is 3.36. The third-order valence-corrected chi connectivity index (χ3v) is 4.92. The summed E-state index contributed by atoms with van der Waals surface area (Å²) in [5, 5.41) is 5.44. The second-order valence-corrected chi connectivity index (χ2v) is 6.83. The van der Waals surface area contributed by atoms with Crippen LogP contribution in [-0.2, 0) is 19.9 Å². The minimum absolute atomic E-state index is 0.210. The number of aryl methyl sites for hydroxylation is 3. The van der Waals surface area contributed by atoms with Gasteiger partial charge in [0.25, 0.3) is 0 Å². The largest absolute Gasteiger partial charge is 0.372 e. The van der Waals surface area contributed by atoms with Crippen molar-refractivity contribution in [3.05, 3.63) is 64.7 Å². The second kappa shape index (κ2) is 8.82. The van der Waals surface area contributed by atoms with Gasteiger partial charge < -0.3 is 15.4 Å². The third kappa shape index (κ3) is 4.74. The summed E-state index contributed by atoms with van der Waals surface area (Å²) in [6.45, 7) is 8.02. The number of anilines is 1. The number of nitrogens with one attached hydrogen (secondary N) is 2. The zero-order valence-electron chi connectivity index (χ0n) is 16.7. The van der Waals surface area contributed by atoms with E-state index >= 15 is 0 Å². The molecule has 27 heavy (non-hydrogen) atoms. The van der Waals surface area contributed by atoms with E-state index in [9.17, 15) is 9.59 Å². The molecule has 0 aliphatic rings. The minimum Gasteiger partial charge on any atom is -0.372 e. The van der Waals surface area contributed by atoms with Crippen LogP contribution in [0.1, 0.15) is 35.6 Å². The lowest BCUT2D eigenvalue weighted by Crippen LogP contribution is -2.45. The highest BCUT2D eigenvalue weighted by molar-refractivity contribution is 6.39. The number of hydrogen-bond donors (Lipinski definition) is 2. The molecule has 0 fully saturated rings. The smallest absolute Gasteiger partial charge is 0.313 e. The maximum atomic E-state index is 12.4. The molecule has 2 rings (SSSR count). The number of ether oxygens (including phenoxy) is 1. The SMILES string of the molecule is CCC(CNC(=O)C(=O)Nc1c(C)cc(C)cc1C)(OC)c1ccccc1. The Bertz CT molecular complexity index is 789. The Balaban J connectivity index is 2.09. The summed E-state index contributed by atoms with van der Waals surface area (Å²) >= 11 is 0. The van der Waals surface area contributed by atoms with Crippen LogP contribution in [0.5, 0.6) is 0 Å².